The van der Waals surface area contributed by atoms with Gasteiger partial charge in [-0.05, 0) is 37.1 Å². The Labute approximate surface area is 93.7 Å². The van der Waals surface area contributed by atoms with Gasteiger partial charge in [0, 0.05) is 12.4 Å². The van der Waals surface area contributed by atoms with Crippen molar-refractivity contribution in [1.29, 1.82) is 5.26 Å². The molecule has 0 fully saturated rings. The minimum atomic E-state index is 0.512. The van der Waals surface area contributed by atoms with Crippen LogP contribution in [0.2, 0.25) is 5.15 Å². The fourth-order valence-corrected chi connectivity index (χ4v) is 2.00. The maximum Gasteiger partial charge on any atom is 0.127 e. The summed E-state index contributed by atoms with van der Waals surface area (Å²) in [5.41, 5.74) is 3.97. The third-order valence-corrected chi connectivity index (χ3v) is 3.30. The molecule has 3 heteroatoms. The van der Waals surface area contributed by atoms with Crippen molar-refractivity contribution < 1.29 is 0 Å². The van der Waals surface area contributed by atoms with Crippen molar-refractivity contribution in [3.8, 4) is 6.07 Å². The van der Waals surface area contributed by atoms with E-state index in [1.165, 1.54) is 11.1 Å². The van der Waals surface area contributed by atoms with E-state index in [0.717, 1.165) is 10.9 Å². The van der Waals surface area contributed by atoms with Crippen molar-refractivity contribution in [3.63, 3.8) is 0 Å². The molecule has 0 aliphatic carbocycles. The van der Waals surface area contributed by atoms with Crippen LogP contribution in [0.4, 0.5) is 0 Å². The number of nitrogens with zero attached hydrogens (tertiary/aromatic N) is 2. The molecule has 0 saturated carbocycles. The van der Waals surface area contributed by atoms with E-state index in [1.54, 1.807) is 0 Å². The van der Waals surface area contributed by atoms with Gasteiger partial charge in [-0.3, -0.25) is 0 Å². The van der Waals surface area contributed by atoms with Gasteiger partial charge < -0.3 is 4.57 Å². The van der Waals surface area contributed by atoms with E-state index < -0.39 is 0 Å². The lowest BCUT2D eigenvalue weighted by Gasteiger charge is -2.01. The molecule has 0 N–H and O–H groups in total. The van der Waals surface area contributed by atoms with Crippen LogP contribution in [0.3, 0.4) is 0 Å². The number of benzene rings is 1. The molecule has 0 radical (unpaired) electrons. The zero-order valence-electron chi connectivity index (χ0n) is 8.93. The maximum absolute atomic E-state index is 9.04. The first-order chi connectivity index (χ1) is 7.06. The highest BCUT2D eigenvalue weighted by atomic mass is 35.5. The van der Waals surface area contributed by atoms with E-state index in [2.05, 4.69) is 19.1 Å². The number of fused-ring (bicyclic) bond motifs is 1. The van der Waals surface area contributed by atoms with Crippen molar-refractivity contribution >= 4 is 22.5 Å². The molecule has 2 nitrogen and oxygen atoms in total. The lowest BCUT2D eigenvalue weighted by Crippen LogP contribution is -1.88. The summed E-state index contributed by atoms with van der Waals surface area (Å²) in [6.45, 7) is 4.10. The molecule has 2 rings (SSSR count). The zero-order chi connectivity index (χ0) is 11.2. The number of hydrogen-bond acceptors (Lipinski definition) is 1. The van der Waals surface area contributed by atoms with Gasteiger partial charge in [0.05, 0.1) is 11.1 Å². The lowest BCUT2D eigenvalue weighted by molar-refractivity contribution is 0.967. The van der Waals surface area contributed by atoms with E-state index in [4.69, 9.17) is 16.9 Å². The van der Waals surface area contributed by atoms with Gasteiger partial charge in [0.1, 0.15) is 11.2 Å². The van der Waals surface area contributed by atoms with Gasteiger partial charge >= 0.3 is 0 Å². The number of hydrogen-bond donors (Lipinski definition) is 0. The van der Waals surface area contributed by atoms with E-state index >= 15 is 0 Å². The Kier molecular flexibility index (Phi) is 2.21. The molecular formula is C12H11ClN2. The Balaban J connectivity index is 3.00. The topological polar surface area (TPSA) is 28.7 Å². The number of aryl methyl sites for hydroxylation is 3. The Hall–Kier alpha value is -1.46. The highest BCUT2D eigenvalue weighted by Gasteiger charge is 2.13. The smallest absolute Gasteiger partial charge is 0.127 e. The summed E-state index contributed by atoms with van der Waals surface area (Å²) < 4.78 is 1.85. The predicted molar refractivity (Wildman–Crippen MR) is 62.1 cm³/mol. The molecule has 15 heavy (non-hydrogen) atoms. The molecule has 2 aromatic rings. The molecule has 76 valence electrons. The first-order valence-electron chi connectivity index (χ1n) is 4.71. The van der Waals surface area contributed by atoms with E-state index in [-0.39, 0.29) is 0 Å². The van der Waals surface area contributed by atoms with Gasteiger partial charge in [-0.2, -0.15) is 5.26 Å². The Morgan fingerprint density at radius 1 is 1.27 bits per heavy atom. The first kappa shape index (κ1) is 10.1. The first-order valence-corrected chi connectivity index (χ1v) is 5.09. The number of nitriles is 1. The molecule has 0 unspecified atom stereocenters. The lowest BCUT2D eigenvalue weighted by atomic mass is 10.1. The van der Waals surface area contributed by atoms with Gasteiger partial charge in [0.15, 0.2) is 0 Å². The van der Waals surface area contributed by atoms with Crippen molar-refractivity contribution in [2.75, 3.05) is 0 Å². The summed E-state index contributed by atoms with van der Waals surface area (Å²) in [5, 5.41) is 10.5. The molecule has 0 saturated heterocycles. The van der Waals surface area contributed by atoms with Crippen LogP contribution in [0.25, 0.3) is 10.9 Å². The van der Waals surface area contributed by atoms with Crippen LogP contribution in [-0.2, 0) is 7.05 Å². The summed E-state index contributed by atoms with van der Waals surface area (Å²) in [7, 11) is 1.88. The van der Waals surface area contributed by atoms with Crippen molar-refractivity contribution in [3.05, 3.63) is 34.0 Å². The van der Waals surface area contributed by atoms with E-state index in [9.17, 15) is 0 Å². The minimum Gasteiger partial charge on any atom is -0.334 e. The largest absolute Gasteiger partial charge is 0.334 e. The Morgan fingerprint density at radius 3 is 2.47 bits per heavy atom. The van der Waals surface area contributed by atoms with Crippen LogP contribution in [0.5, 0.6) is 0 Å². The van der Waals surface area contributed by atoms with Gasteiger partial charge in [0.25, 0.3) is 0 Å². The summed E-state index contributed by atoms with van der Waals surface area (Å²) >= 11 is 6.08. The molecular weight excluding hydrogens is 208 g/mol. The standard InChI is InChI=1S/C12H11ClN2/c1-7-4-9-10(6-14)12(13)15(3)11(9)5-8(7)2/h4-5H,1-3H3. The molecule has 0 spiro atoms. The van der Waals surface area contributed by atoms with Crippen LogP contribution >= 0.6 is 11.6 Å². The second-order valence-corrected chi connectivity index (χ2v) is 4.15. The zero-order valence-corrected chi connectivity index (χ0v) is 9.68. The highest BCUT2D eigenvalue weighted by molar-refractivity contribution is 6.32. The average Bonchev–Trinajstić information content (AvgIpc) is 2.42. The molecule has 0 amide bonds. The molecule has 1 aromatic carbocycles. The van der Waals surface area contributed by atoms with Gasteiger partial charge in [0.2, 0.25) is 0 Å². The molecule has 0 aliphatic rings. The van der Waals surface area contributed by atoms with Crippen LogP contribution in [0, 0.1) is 25.2 Å². The minimum absolute atomic E-state index is 0.512. The number of halogens is 1. The van der Waals surface area contributed by atoms with E-state index in [1.807, 2.05) is 24.6 Å². The summed E-state index contributed by atoms with van der Waals surface area (Å²) in [4.78, 5) is 0. The van der Waals surface area contributed by atoms with Crippen LogP contribution in [-0.4, -0.2) is 4.57 Å². The van der Waals surface area contributed by atoms with Crippen LogP contribution in [0.15, 0.2) is 12.1 Å². The fraction of sp³-hybridized carbons (Fsp3) is 0.250. The van der Waals surface area contributed by atoms with E-state index in [0.29, 0.717) is 10.7 Å². The summed E-state index contributed by atoms with van der Waals surface area (Å²) in [5.74, 6) is 0. The third-order valence-electron chi connectivity index (χ3n) is 2.86. The van der Waals surface area contributed by atoms with Crippen LogP contribution in [0.1, 0.15) is 16.7 Å². The molecule has 1 heterocycles. The van der Waals surface area contributed by atoms with Crippen LogP contribution < -0.4 is 0 Å². The number of aromatic nitrogens is 1. The Morgan fingerprint density at radius 2 is 1.87 bits per heavy atom. The Bertz CT molecular complexity index is 588. The van der Waals surface area contributed by atoms with Crippen molar-refractivity contribution in [2.45, 2.75) is 13.8 Å². The normalized spacial score (nSPS) is 10.6. The van der Waals surface area contributed by atoms with Gasteiger partial charge in [-0.1, -0.05) is 11.6 Å². The van der Waals surface area contributed by atoms with Gasteiger partial charge in [-0.15, -0.1) is 0 Å². The predicted octanol–water partition coefficient (Wildman–Crippen LogP) is 3.32. The van der Waals surface area contributed by atoms with Gasteiger partial charge in [-0.25, -0.2) is 0 Å². The monoisotopic (exact) mass is 218 g/mol. The second-order valence-electron chi connectivity index (χ2n) is 3.79. The third kappa shape index (κ3) is 1.32. The van der Waals surface area contributed by atoms with Crippen molar-refractivity contribution in [2.24, 2.45) is 7.05 Å². The summed E-state index contributed by atoms with van der Waals surface area (Å²) in [6, 6.07) is 6.24. The van der Waals surface area contributed by atoms with Crippen molar-refractivity contribution in [1.82, 2.24) is 4.57 Å². The SMILES string of the molecule is Cc1cc2c(C#N)c(Cl)n(C)c2cc1C. The number of rotatable bonds is 0. The quantitative estimate of drug-likeness (QED) is 0.667. The summed E-state index contributed by atoms with van der Waals surface area (Å²) in [6.07, 6.45) is 0. The molecule has 1 aromatic heterocycles. The second kappa shape index (κ2) is 3.29. The molecule has 0 aliphatic heterocycles. The maximum atomic E-state index is 9.04. The molecule has 0 bridgehead atoms. The average molecular weight is 219 g/mol. The molecule has 0 atom stereocenters. The fourth-order valence-electron chi connectivity index (χ4n) is 1.77. The highest BCUT2D eigenvalue weighted by Crippen LogP contribution is 2.30.